The van der Waals surface area contributed by atoms with E-state index < -0.39 is 10.0 Å². The number of aryl methyl sites for hydroxylation is 1. The Morgan fingerprint density at radius 1 is 1.47 bits per heavy atom. The first-order valence-corrected chi connectivity index (χ1v) is 9.32. The predicted molar refractivity (Wildman–Crippen MR) is 77.4 cm³/mol. The number of hydrogen-bond donors (Lipinski definition) is 1. The maximum atomic E-state index is 12.2. The molecule has 102 valence electrons. The van der Waals surface area contributed by atoms with Gasteiger partial charge in [-0.05, 0) is 36.3 Å². The van der Waals surface area contributed by atoms with Gasteiger partial charge in [-0.15, -0.1) is 11.3 Å². The van der Waals surface area contributed by atoms with Crippen LogP contribution in [-0.4, -0.2) is 13.4 Å². The lowest BCUT2D eigenvalue weighted by atomic mass is 9.95. The molecule has 2 aromatic heterocycles. The summed E-state index contributed by atoms with van der Waals surface area (Å²) in [5.74, 6) is 0. The van der Waals surface area contributed by atoms with Gasteiger partial charge in [0.2, 0.25) is 0 Å². The molecule has 19 heavy (non-hydrogen) atoms. The van der Waals surface area contributed by atoms with E-state index in [1.54, 1.807) is 11.3 Å². The van der Waals surface area contributed by atoms with Crippen LogP contribution in [0.15, 0.2) is 21.9 Å². The lowest BCUT2D eigenvalue weighted by Gasteiger charge is -2.23. The Balaban J connectivity index is 1.87. The van der Waals surface area contributed by atoms with Gasteiger partial charge in [-0.1, -0.05) is 22.9 Å². The molecule has 3 rings (SSSR count). The molecule has 0 spiro atoms. The van der Waals surface area contributed by atoms with Crippen molar-refractivity contribution in [2.75, 3.05) is 0 Å². The molecule has 0 aromatic carbocycles. The standard InChI is InChI=1S/C11H11ClN2O2S3/c12-11-13-6-10(18-11)19(15,16)14-8-2-1-3-9-7(8)4-5-17-9/h4-6,8,14H,1-3H2. The van der Waals surface area contributed by atoms with Crippen molar-refractivity contribution in [2.45, 2.75) is 29.5 Å². The van der Waals surface area contributed by atoms with Crippen LogP contribution in [0.3, 0.4) is 0 Å². The zero-order chi connectivity index (χ0) is 13.5. The normalized spacial score (nSPS) is 19.3. The van der Waals surface area contributed by atoms with Gasteiger partial charge in [0.25, 0.3) is 10.0 Å². The minimum absolute atomic E-state index is 0.138. The SMILES string of the molecule is O=S(=O)(NC1CCCc2sccc21)c1cnc(Cl)s1. The van der Waals surface area contributed by atoms with Crippen LogP contribution in [0.4, 0.5) is 0 Å². The third kappa shape index (κ3) is 2.71. The van der Waals surface area contributed by atoms with Crippen LogP contribution in [-0.2, 0) is 16.4 Å². The minimum Gasteiger partial charge on any atom is -0.232 e. The van der Waals surface area contributed by atoms with E-state index in [1.807, 2.05) is 11.4 Å². The monoisotopic (exact) mass is 334 g/mol. The molecular formula is C11H11ClN2O2S3. The summed E-state index contributed by atoms with van der Waals surface area (Å²) in [5.41, 5.74) is 1.11. The summed E-state index contributed by atoms with van der Waals surface area (Å²) in [6, 6.07) is 1.87. The highest BCUT2D eigenvalue weighted by atomic mass is 35.5. The molecule has 8 heteroatoms. The number of fused-ring (bicyclic) bond motifs is 1. The summed E-state index contributed by atoms with van der Waals surface area (Å²) in [4.78, 5) is 5.06. The molecule has 1 aliphatic rings. The molecule has 0 saturated heterocycles. The number of halogens is 1. The molecule has 1 aliphatic carbocycles. The molecule has 0 radical (unpaired) electrons. The largest absolute Gasteiger partial charge is 0.252 e. The highest BCUT2D eigenvalue weighted by Crippen LogP contribution is 2.34. The molecule has 2 aromatic rings. The quantitative estimate of drug-likeness (QED) is 0.937. The fraction of sp³-hybridized carbons (Fsp3) is 0.364. The average molecular weight is 335 g/mol. The van der Waals surface area contributed by atoms with E-state index in [9.17, 15) is 8.42 Å². The highest BCUT2D eigenvalue weighted by Gasteiger charge is 2.27. The molecule has 0 bridgehead atoms. The van der Waals surface area contributed by atoms with Crippen LogP contribution >= 0.6 is 34.3 Å². The van der Waals surface area contributed by atoms with E-state index >= 15 is 0 Å². The second-order valence-corrected chi connectivity index (χ2v) is 8.85. The second-order valence-electron chi connectivity index (χ2n) is 4.30. The fourth-order valence-electron chi connectivity index (χ4n) is 2.22. The third-order valence-electron chi connectivity index (χ3n) is 3.07. The fourth-order valence-corrected chi connectivity index (χ4v) is 5.76. The van der Waals surface area contributed by atoms with Crippen LogP contribution in [0.2, 0.25) is 4.47 Å². The summed E-state index contributed by atoms with van der Waals surface area (Å²) in [6.07, 6.45) is 4.17. The number of thiazole rings is 1. The molecule has 0 amide bonds. The number of nitrogens with one attached hydrogen (secondary N) is 1. The van der Waals surface area contributed by atoms with Gasteiger partial charge < -0.3 is 0 Å². The van der Waals surface area contributed by atoms with Crippen molar-refractivity contribution in [3.05, 3.63) is 32.6 Å². The number of sulfonamides is 1. The number of rotatable bonds is 3. The molecular weight excluding hydrogens is 324 g/mol. The third-order valence-corrected chi connectivity index (χ3v) is 7.11. The molecule has 0 saturated carbocycles. The Bertz CT molecular complexity index is 692. The van der Waals surface area contributed by atoms with Crippen molar-refractivity contribution in [1.82, 2.24) is 9.71 Å². The van der Waals surface area contributed by atoms with Crippen LogP contribution in [0.5, 0.6) is 0 Å². The van der Waals surface area contributed by atoms with Gasteiger partial charge in [-0.3, -0.25) is 0 Å². The van der Waals surface area contributed by atoms with E-state index in [1.165, 1.54) is 11.1 Å². The highest BCUT2D eigenvalue weighted by molar-refractivity contribution is 7.91. The van der Waals surface area contributed by atoms with Crippen molar-refractivity contribution in [3.63, 3.8) is 0 Å². The van der Waals surface area contributed by atoms with E-state index in [0.29, 0.717) is 0 Å². The smallest absolute Gasteiger partial charge is 0.232 e. The first kappa shape index (κ1) is 13.5. The Kier molecular flexibility index (Phi) is 3.65. The zero-order valence-corrected chi connectivity index (χ0v) is 13.0. The van der Waals surface area contributed by atoms with Crippen molar-refractivity contribution in [1.29, 1.82) is 0 Å². The maximum Gasteiger partial charge on any atom is 0.252 e. The van der Waals surface area contributed by atoms with Crippen LogP contribution in [0.25, 0.3) is 0 Å². The molecule has 1 unspecified atom stereocenters. The number of aromatic nitrogens is 1. The van der Waals surface area contributed by atoms with Gasteiger partial charge in [0.1, 0.15) is 0 Å². The van der Waals surface area contributed by atoms with Crippen LogP contribution in [0, 0.1) is 0 Å². The van der Waals surface area contributed by atoms with Gasteiger partial charge >= 0.3 is 0 Å². The number of thiophene rings is 1. The Morgan fingerprint density at radius 3 is 3.05 bits per heavy atom. The first-order chi connectivity index (χ1) is 9.06. The van der Waals surface area contributed by atoms with E-state index in [4.69, 9.17) is 11.6 Å². The summed E-state index contributed by atoms with van der Waals surface area (Å²) in [7, 11) is -3.53. The van der Waals surface area contributed by atoms with Crippen LogP contribution in [0.1, 0.15) is 29.3 Å². The zero-order valence-electron chi connectivity index (χ0n) is 9.80. The van der Waals surface area contributed by atoms with Crippen molar-refractivity contribution in [2.24, 2.45) is 0 Å². The molecule has 0 aliphatic heterocycles. The van der Waals surface area contributed by atoms with Crippen molar-refractivity contribution >= 4 is 44.3 Å². The number of nitrogens with zero attached hydrogens (tertiary/aromatic N) is 1. The second kappa shape index (κ2) is 5.14. The molecule has 0 fully saturated rings. The van der Waals surface area contributed by atoms with Gasteiger partial charge in [0, 0.05) is 10.9 Å². The minimum atomic E-state index is -3.53. The lowest BCUT2D eigenvalue weighted by Crippen LogP contribution is -2.30. The summed E-state index contributed by atoms with van der Waals surface area (Å²) in [5, 5.41) is 2.01. The van der Waals surface area contributed by atoms with E-state index in [-0.39, 0.29) is 14.7 Å². The first-order valence-electron chi connectivity index (χ1n) is 5.76. The van der Waals surface area contributed by atoms with Gasteiger partial charge in [-0.25, -0.2) is 18.1 Å². The topological polar surface area (TPSA) is 59.1 Å². The maximum absolute atomic E-state index is 12.2. The number of hydrogen-bond acceptors (Lipinski definition) is 5. The van der Waals surface area contributed by atoms with Gasteiger partial charge in [0.05, 0.1) is 6.20 Å². The van der Waals surface area contributed by atoms with Crippen molar-refractivity contribution < 1.29 is 8.42 Å². The summed E-state index contributed by atoms with van der Waals surface area (Å²) >= 11 is 8.35. The van der Waals surface area contributed by atoms with Crippen LogP contribution < -0.4 is 4.72 Å². The van der Waals surface area contributed by atoms with E-state index in [0.717, 1.165) is 36.2 Å². The summed E-state index contributed by atoms with van der Waals surface area (Å²) < 4.78 is 27.7. The van der Waals surface area contributed by atoms with Gasteiger partial charge in [-0.2, -0.15) is 0 Å². The van der Waals surface area contributed by atoms with Crippen molar-refractivity contribution in [3.8, 4) is 0 Å². The predicted octanol–water partition coefficient (Wildman–Crippen LogP) is 3.21. The van der Waals surface area contributed by atoms with E-state index in [2.05, 4.69) is 9.71 Å². The molecule has 1 atom stereocenters. The molecule has 2 heterocycles. The Hall–Kier alpha value is -0.470. The summed E-state index contributed by atoms with van der Waals surface area (Å²) in [6.45, 7) is 0. The average Bonchev–Trinajstić information content (AvgIpc) is 2.97. The molecule has 1 N–H and O–H groups in total. The molecule has 4 nitrogen and oxygen atoms in total. The lowest BCUT2D eigenvalue weighted by molar-refractivity contribution is 0.512. The Morgan fingerprint density at radius 2 is 2.32 bits per heavy atom. The Labute approximate surface area is 124 Å². The van der Waals surface area contributed by atoms with Gasteiger partial charge in [0.15, 0.2) is 8.68 Å².